The van der Waals surface area contributed by atoms with Crippen LogP contribution >= 0.6 is 0 Å². The van der Waals surface area contributed by atoms with Gasteiger partial charge in [0.15, 0.2) is 5.52 Å². The van der Waals surface area contributed by atoms with Crippen molar-refractivity contribution >= 4 is 43.6 Å². The first-order valence-corrected chi connectivity index (χ1v) is 16.8. The van der Waals surface area contributed by atoms with E-state index < -0.39 is 39.2 Å². The molecule has 0 spiro atoms. The van der Waals surface area contributed by atoms with Crippen molar-refractivity contribution in [3.8, 4) is 22.6 Å². The lowest BCUT2D eigenvalue weighted by Crippen LogP contribution is -2.31. The summed E-state index contributed by atoms with van der Waals surface area (Å²) in [5, 5.41) is 2.92. The second-order valence-electron chi connectivity index (χ2n) is 11.2. The molecule has 1 amide bonds. The molecule has 0 aliphatic rings. The summed E-state index contributed by atoms with van der Waals surface area (Å²) in [5.41, 5.74) is 1.68. The van der Waals surface area contributed by atoms with E-state index in [0.29, 0.717) is 27.9 Å². The second kappa shape index (κ2) is 13.2. The maximum absolute atomic E-state index is 14.2. The van der Waals surface area contributed by atoms with Crippen molar-refractivity contribution in [2.45, 2.75) is 19.9 Å². The average molecular weight is 688 g/mol. The molecule has 0 fully saturated rings. The molecular formula is C35H31F2N5O6S. The zero-order chi connectivity index (χ0) is 35.0. The summed E-state index contributed by atoms with van der Waals surface area (Å²) in [5.74, 6) is -1.12. The Kier molecular flexibility index (Phi) is 9.01. The van der Waals surface area contributed by atoms with Crippen LogP contribution in [0.4, 0.5) is 14.5 Å². The quantitative estimate of drug-likeness (QED) is 0.183. The van der Waals surface area contributed by atoms with Crippen molar-refractivity contribution < 1.29 is 31.1 Å². The summed E-state index contributed by atoms with van der Waals surface area (Å²) >= 11 is 0. The number of hydrogen-bond donors (Lipinski definition) is 2. The fraction of sp³-hybridized carbons (Fsp3) is 0.200. The number of rotatable bonds is 10. The molecule has 3 aromatic carbocycles. The molecule has 2 N–H and O–H groups in total. The molecule has 1 atom stereocenters. The van der Waals surface area contributed by atoms with Gasteiger partial charge in [-0.2, -0.15) is 0 Å². The minimum absolute atomic E-state index is 0.0126. The van der Waals surface area contributed by atoms with E-state index >= 15 is 0 Å². The molecule has 49 heavy (non-hydrogen) atoms. The predicted octanol–water partition coefficient (Wildman–Crippen LogP) is 5.82. The second-order valence-corrected chi connectivity index (χ2v) is 13.2. The summed E-state index contributed by atoms with van der Waals surface area (Å²) in [4.78, 5) is 36.7. The number of anilines is 1. The number of methoxy groups -OCH3 is 1. The smallest absolute Gasteiger partial charge is 0.280 e. The zero-order valence-corrected chi connectivity index (χ0v) is 27.7. The Hall–Kier alpha value is -5.47. The molecule has 3 heterocycles. The average Bonchev–Trinajstić information content (AvgIpc) is 3.46. The molecule has 0 radical (unpaired) electrons. The molecule has 0 bridgehead atoms. The molecular weight excluding hydrogens is 656 g/mol. The molecule has 0 saturated heterocycles. The van der Waals surface area contributed by atoms with Crippen molar-refractivity contribution in [3.63, 3.8) is 0 Å². The van der Waals surface area contributed by atoms with Crippen molar-refractivity contribution in [2.75, 3.05) is 31.2 Å². The van der Waals surface area contributed by atoms with Crippen LogP contribution in [0.1, 0.15) is 34.7 Å². The normalized spacial score (nSPS) is 12.4. The monoisotopic (exact) mass is 687 g/mol. The van der Waals surface area contributed by atoms with Gasteiger partial charge in [-0.1, -0.05) is 12.1 Å². The van der Waals surface area contributed by atoms with Crippen molar-refractivity contribution in [1.82, 2.24) is 19.9 Å². The first-order chi connectivity index (χ1) is 23.4. The number of amides is 1. The van der Waals surface area contributed by atoms with Gasteiger partial charge in [0.2, 0.25) is 10.0 Å². The minimum Gasteiger partial charge on any atom is -0.455 e. The van der Waals surface area contributed by atoms with E-state index in [0.717, 1.165) is 0 Å². The van der Waals surface area contributed by atoms with E-state index in [4.69, 9.17) is 9.15 Å². The number of fused-ring (bicyclic) bond motifs is 2. The van der Waals surface area contributed by atoms with E-state index in [9.17, 15) is 26.8 Å². The third kappa shape index (κ3) is 6.39. The fourth-order valence-electron chi connectivity index (χ4n) is 5.70. The Bertz CT molecular complexity index is 2390. The number of furan rings is 1. The van der Waals surface area contributed by atoms with Gasteiger partial charge in [0.25, 0.3) is 11.5 Å². The molecule has 6 aromatic rings. The summed E-state index contributed by atoms with van der Waals surface area (Å²) in [7, 11) is -0.887. The number of benzene rings is 3. The van der Waals surface area contributed by atoms with E-state index in [2.05, 4.69) is 20.0 Å². The molecule has 0 aliphatic carbocycles. The fourth-order valence-corrected chi connectivity index (χ4v) is 6.35. The van der Waals surface area contributed by atoms with Gasteiger partial charge in [-0.3, -0.25) is 18.9 Å². The highest BCUT2D eigenvalue weighted by Crippen LogP contribution is 2.40. The van der Waals surface area contributed by atoms with Gasteiger partial charge in [0, 0.05) is 36.7 Å². The van der Waals surface area contributed by atoms with E-state index in [1.54, 1.807) is 37.3 Å². The van der Waals surface area contributed by atoms with Crippen LogP contribution in [0.3, 0.4) is 0 Å². The number of halogens is 2. The summed E-state index contributed by atoms with van der Waals surface area (Å²) in [6.07, 6.45) is 0. The Morgan fingerprint density at radius 1 is 1.00 bits per heavy atom. The van der Waals surface area contributed by atoms with Crippen LogP contribution in [0.5, 0.6) is 0 Å². The van der Waals surface area contributed by atoms with Crippen LogP contribution in [0.25, 0.3) is 44.6 Å². The maximum Gasteiger partial charge on any atom is 0.280 e. The summed E-state index contributed by atoms with van der Waals surface area (Å²) in [6, 6.07) is 16.7. The minimum atomic E-state index is -3.83. The highest BCUT2D eigenvalue weighted by molar-refractivity contribution is 7.92. The van der Waals surface area contributed by atoms with Gasteiger partial charge in [-0.05, 0) is 74.0 Å². The van der Waals surface area contributed by atoms with Gasteiger partial charge >= 0.3 is 0 Å². The largest absolute Gasteiger partial charge is 0.455 e. The van der Waals surface area contributed by atoms with Gasteiger partial charge in [-0.15, -0.1) is 0 Å². The first kappa shape index (κ1) is 33.4. The lowest BCUT2D eigenvalue weighted by molar-refractivity contribution is 0.0964. The predicted molar refractivity (Wildman–Crippen MR) is 182 cm³/mol. The van der Waals surface area contributed by atoms with Crippen molar-refractivity contribution in [1.29, 1.82) is 0 Å². The Balaban J connectivity index is 1.60. The Morgan fingerprint density at radius 2 is 1.67 bits per heavy atom. The van der Waals surface area contributed by atoms with E-state index in [1.807, 2.05) is 0 Å². The third-order valence-corrected chi connectivity index (χ3v) is 9.42. The lowest BCUT2D eigenvalue weighted by Gasteiger charge is -2.22. The van der Waals surface area contributed by atoms with Crippen molar-refractivity contribution in [3.05, 3.63) is 112 Å². The first-order valence-electron chi connectivity index (χ1n) is 15.2. The number of sulfonamides is 1. The number of pyridine rings is 1. The number of carbonyl (C=O) groups excluding carboxylic acids is 1. The number of ether oxygens (including phenoxy) is 1. The molecule has 3 aromatic heterocycles. The van der Waals surface area contributed by atoms with Gasteiger partial charge in [0.1, 0.15) is 28.8 Å². The third-order valence-electron chi connectivity index (χ3n) is 8.13. The molecule has 14 heteroatoms. The zero-order valence-electron chi connectivity index (χ0n) is 26.9. The molecule has 252 valence electrons. The molecule has 6 rings (SSSR count). The van der Waals surface area contributed by atoms with Crippen molar-refractivity contribution in [2.24, 2.45) is 0 Å². The van der Waals surface area contributed by atoms with Crippen LogP contribution in [-0.2, 0) is 14.8 Å². The molecule has 0 unspecified atom stereocenters. The molecule has 0 saturated carbocycles. The maximum atomic E-state index is 14.2. The summed E-state index contributed by atoms with van der Waals surface area (Å²) in [6.45, 7) is 3.23. The van der Waals surface area contributed by atoms with Gasteiger partial charge < -0.3 is 14.5 Å². The number of aromatic nitrogens is 3. The topological polar surface area (TPSA) is 145 Å². The molecule has 11 nitrogen and oxygen atoms in total. The standard InChI is InChI=1S/C35H31F2N5O6S/c1-5-49(45,46)41-28-17-30-25(31(34(43)38-3)33(48-30)21-8-12-23(37)13-9-21)16-24(28)26-14-15-27-32(40-26)35(44)42(19(2)39-27)29(18-47-4)20-6-10-22(36)11-7-20/h6-17,29,41H,5,18H2,1-4H3,(H,38,43)/t29-/m1/s1. The van der Waals surface area contributed by atoms with Gasteiger partial charge in [0.05, 0.1) is 40.9 Å². The lowest BCUT2D eigenvalue weighted by atomic mass is 10.0. The Morgan fingerprint density at radius 3 is 2.31 bits per heavy atom. The number of hydrogen-bond acceptors (Lipinski definition) is 8. The number of carbonyl (C=O) groups is 1. The van der Waals surface area contributed by atoms with Gasteiger partial charge in [-0.25, -0.2) is 27.2 Å². The van der Waals surface area contributed by atoms with E-state index in [-0.39, 0.29) is 51.7 Å². The van der Waals surface area contributed by atoms with E-state index in [1.165, 1.54) is 68.1 Å². The van der Waals surface area contributed by atoms with Crippen LogP contribution in [0.15, 0.2) is 82.0 Å². The van der Waals surface area contributed by atoms with Crippen LogP contribution < -0.4 is 15.6 Å². The molecule has 0 aliphatic heterocycles. The number of aryl methyl sites for hydroxylation is 1. The van der Waals surface area contributed by atoms with Crippen LogP contribution in [0, 0.1) is 18.6 Å². The Labute approximate surface area is 279 Å². The summed E-state index contributed by atoms with van der Waals surface area (Å²) < 4.78 is 68.7. The highest BCUT2D eigenvalue weighted by atomic mass is 32.2. The van der Waals surface area contributed by atoms with Crippen LogP contribution in [-0.4, -0.2) is 55.4 Å². The highest BCUT2D eigenvalue weighted by Gasteiger charge is 2.26. The number of nitrogens with zero attached hydrogens (tertiary/aromatic N) is 3. The number of nitrogens with one attached hydrogen (secondary N) is 2. The van der Waals surface area contributed by atoms with Crippen LogP contribution in [0.2, 0.25) is 0 Å². The SMILES string of the molecule is CCS(=O)(=O)Nc1cc2oc(-c3ccc(F)cc3)c(C(=O)NC)c2cc1-c1ccc2nc(C)n([C@H](COC)c3ccc(F)cc3)c(=O)c2n1.